The third-order valence-electron chi connectivity index (χ3n) is 4.74. The molecule has 9 nitrogen and oxygen atoms in total. The molecule has 0 bridgehead atoms. The summed E-state index contributed by atoms with van der Waals surface area (Å²) < 4.78 is 32.6. The van der Waals surface area contributed by atoms with Gasteiger partial charge in [-0.15, -0.1) is 24.0 Å². The van der Waals surface area contributed by atoms with E-state index in [1.54, 1.807) is 42.7 Å². The lowest BCUT2D eigenvalue weighted by Crippen LogP contribution is -2.37. The third kappa shape index (κ3) is 7.37. The van der Waals surface area contributed by atoms with E-state index in [1.807, 2.05) is 31.2 Å². The topological polar surface area (TPSA) is 91.8 Å². The SMILES string of the molecule is CCNC(=NCc1cc(OC)c(OC)c(OC)c1)NCc1c(OC)cc(OC)cc1OC.I. The van der Waals surface area contributed by atoms with Crippen molar-refractivity contribution in [2.45, 2.75) is 20.0 Å². The maximum Gasteiger partial charge on any atom is 0.203 e. The molecular formula is C23H34IN3O6. The molecule has 0 aliphatic rings. The molecule has 0 atom stereocenters. The van der Waals surface area contributed by atoms with Gasteiger partial charge in [0.2, 0.25) is 5.75 Å². The van der Waals surface area contributed by atoms with E-state index < -0.39 is 0 Å². The van der Waals surface area contributed by atoms with Crippen molar-refractivity contribution in [1.82, 2.24) is 10.6 Å². The molecule has 2 aromatic rings. The molecule has 0 spiro atoms. The van der Waals surface area contributed by atoms with Gasteiger partial charge in [0.25, 0.3) is 0 Å². The number of benzene rings is 2. The van der Waals surface area contributed by atoms with Gasteiger partial charge in [-0.25, -0.2) is 4.99 Å². The molecule has 10 heteroatoms. The predicted octanol–water partition coefficient (Wildman–Crippen LogP) is 3.61. The van der Waals surface area contributed by atoms with Crippen LogP contribution in [0.5, 0.6) is 34.5 Å². The van der Waals surface area contributed by atoms with Crippen LogP contribution in [0.1, 0.15) is 18.1 Å². The molecule has 2 aromatic carbocycles. The van der Waals surface area contributed by atoms with Crippen molar-refractivity contribution >= 4 is 29.9 Å². The first-order valence-corrected chi connectivity index (χ1v) is 10.1. The Labute approximate surface area is 212 Å². The van der Waals surface area contributed by atoms with Gasteiger partial charge in [-0.2, -0.15) is 0 Å². The molecular weight excluding hydrogens is 541 g/mol. The van der Waals surface area contributed by atoms with E-state index in [4.69, 9.17) is 28.4 Å². The van der Waals surface area contributed by atoms with Gasteiger partial charge in [0.15, 0.2) is 17.5 Å². The highest BCUT2D eigenvalue weighted by Crippen LogP contribution is 2.38. The van der Waals surface area contributed by atoms with Crippen LogP contribution in [0.3, 0.4) is 0 Å². The molecule has 0 aromatic heterocycles. The Morgan fingerprint density at radius 2 is 1.27 bits per heavy atom. The number of hydrogen-bond acceptors (Lipinski definition) is 7. The van der Waals surface area contributed by atoms with E-state index in [-0.39, 0.29) is 24.0 Å². The largest absolute Gasteiger partial charge is 0.496 e. The van der Waals surface area contributed by atoms with E-state index in [1.165, 1.54) is 0 Å². The first kappa shape index (κ1) is 28.3. The second kappa shape index (κ2) is 14.4. The van der Waals surface area contributed by atoms with Gasteiger partial charge in [0.1, 0.15) is 17.2 Å². The Balaban J connectivity index is 0.00000544. The van der Waals surface area contributed by atoms with E-state index in [9.17, 15) is 0 Å². The lowest BCUT2D eigenvalue weighted by molar-refractivity contribution is 0.324. The van der Waals surface area contributed by atoms with Crippen LogP contribution in [0.2, 0.25) is 0 Å². The van der Waals surface area contributed by atoms with Crippen LogP contribution in [-0.2, 0) is 13.1 Å². The quantitative estimate of drug-likeness (QED) is 0.239. The second-order valence-corrected chi connectivity index (χ2v) is 6.59. The number of rotatable bonds is 11. The lowest BCUT2D eigenvalue weighted by Gasteiger charge is -2.17. The highest BCUT2D eigenvalue weighted by Gasteiger charge is 2.15. The summed E-state index contributed by atoms with van der Waals surface area (Å²) in [6.45, 7) is 3.56. The van der Waals surface area contributed by atoms with Gasteiger partial charge in [-0.1, -0.05) is 0 Å². The normalized spacial score (nSPS) is 10.6. The minimum absolute atomic E-state index is 0. The summed E-state index contributed by atoms with van der Waals surface area (Å²) in [5, 5.41) is 6.57. The smallest absolute Gasteiger partial charge is 0.203 e. The zero-order chi connectivity index (χ0) is 23.5. The van der Waals surface area contributed by atoms with Crippen molar-refractivity contribution in [1.29, 1.82) is 0 Å². The van der Waals surface area contributed by atoms with E-state index in [2.05, 4.69) is 15.6 Å². The number of aliphatic imine (C=N–C) groups is 1. The summed E-state index contributed by atoms with van der Waals surface area (Å²) in [6, 6.07) is 7.40. The van der Waals surface area contributed by atoms with Crippen molar-refractivity contribution in [3.8, 4) is 34.5 Å². The molecule has 184 valence electrons. The number of nitrogens with one attached hydrogen (secondary N) is 2. The molecule has 0 amide bonds. The molecule has 33 heavy (non-hydrogen) atoms. The molecule has 0 aliphatic carbocycles. The fourth-order valence-electron chi connectivity index (χ4n) is 3.16. The number of nitrogens with zero attached hydrogens (tertiary/aromatic N) is 1. The average Bonchev–Trinajstić information content (AvgIpc) is 2.84. The number of hydrogen-bond donors (Lipinski definition) is 2. The monoisotopic (exact) mass is 575 g/mol. The Hall–Kier alpha value is -2.76. The summed E-state index contributed by atoms with van der Waals surface area (Å²) in [6.07, 6.45) is 0. The number of ether oxygens (including phenoxy) is 6. The second-order valence-electron chi connectivity index (χ2n) is 6.59. The zero-order valence-corrected chi connectivity index (χ0v) is 22.6. The Kier molecular flexibility index (Phi) is 12.3. The minimum Gasteiger partial charge on any atom is -0.496 e. The van der Waals surface area contributed by atoms with Crippen LogP contribution in [-0.4, -0.2) is 55.2 Å². The van der Waals surface area contributed by atoms with Crippen LogP contribution < -0.4 is 39.1 Å². The van der Waals surface area contributed by atoms with Gasteiger partial charge in [-0.05, 0) is 24.6 Å². The first-order chi connectivity index (χ1) is 15.5. The van der Waals surface area contributed by atoms with E-state index in [0.29, 0.717) is 60.1 Å². The van der Waals surface area contributed by atoms with Crippen molar-refractivity contribution in [3.05, 3.63) is 35.4 Å². The van der Waals surface area contributed by atoms with Gasteiger partial charge in [-0.3, -0.25) is 0 Å². The third-order valence-corrected chi connectivity index (χ3v) is 4.74. The number of halogens is 1. The maximum atomic E-state index is 5.52. The van der Waals surface area contributed by atoms with Crippen LogP contribution in [0.4, 0.5) is 0 Å². The molecule has 0 radical (unpaired) electrons. The Morgan fingerprint density at radius 1 is 0.727 bits per heavy atom. The van der Waals surface area contributed by atoms with Crippen molar-refractivity contribution in [2.24, 2.45) is 4.99 Å². The molecule has 2 N–H and O–H groups in total. The van der Waals surface area contributed by atoms with Crippen LogP contribution >= 0.6 is 24.0 Å². The number of methoxy groups -OCH3 is 6. The summed E-state index contributed by atoms with van der Waals surface area (Å²) in [4.78, 5) is 4.69. The minimum atomic E-state index is 0. The molecule has 0 saturated carbocycles. The standard InChI is InChI=1S/C23H33N3O6.HI/c1-8-24-23(25-13-15-9-20(30-5)22(32-7)21(10-15)31-6)26-14-17-18(28-3)11-16(27-2)12-19(17)29-4;/h9-12H,8,13-14H2,1-7H3,(H2,24,25,26);1H. The van der Waals surface area contributed by atoms with Crippen LogP contribution in [0.15, 0.2) is 29.3 Å². The average molecular weight is 575 g/mol. The first-order valence-electron chi connectivity index (χ1n) is 10.1. The Bertz CT molecular complexity index is 873. The molecule has 0 unspecified atom stereocenters. The molecule has 0 fully saturated rings. The van der Waals surface area contributed by atoms with Gasteiger partial charge < -0.3 is 39.1 Å². The van der Waals surface area contributed by atoms with Gasteiger partial charge in [0, 0.05) is 18.7 Å². The van der Waals surface area contributed by atoms with Gasteiger partial charge in [0.05, 0.1) is 61.3 Å². The van der Waals surface area contributed by atoms with E-state index in [0.717, 1.165) is 11.1 Å². The highest BCUT2D eigenvalue weighted by molar-refractivity contribution is 14.0. The summed E-state index contributed by atoms with van der Waals surface area (Å²) >= 11 is 0. The van der Waals surface area contributed by atoms with Crippen LogP contribution in [0, 0.1) is 0 Å². The fourth-order valence-corrected chi connectivity index (χ4v) is 3.16. The summed E-state index contributed by atoms with van der Waals surface area (Å²) in [7, 11) is 9.58. The van der Waals surface area contributed by atoms with Gasteiger partial charge >= 0.3 is 0 Å². The zero-order valence-electron chi connectivity index (χ0n) is 20.2. The van der Waals surface area contributed by atoms with Crippen molar-refractivity contribution in [3.63, 3.8) is 0 Å². The molecule has 0 aliphatic heterocycles. The van der Waals surface area contributed by atoms with Crippen molar-refractivity contribution < 1.29 is 28.4 Å². The fraction of sp³-hybridized carbons (Fsp3) is 0.435. The lowest BCUT2D eigenvalue weighted by atomic mass is 10.1. The molecule has 0 saturated heterocycles. The molecule has 2 rings (SSSR count). The summed E-state index contributed by atoms with van der Waals surface area (Å²) in [5.41, 5.74) is 1.77. The highest BCUT2D eigenvalue weighted by atomic mass is 127. The van der Waals surface area contributed by atoms with E-state index >= 15 is 0 Å². The number of guanidine groups is 1. The van der Waals surface area contributed by atoms with Crippen LogP contribution in [0.25, 0.3) is 0 Å². The summed E-state index contributed by atoms with van der Waals surface area (Å²) in [5.74, 6) is 4.34. The maximum absolute atomic E-state index is 5.52. The Morgan fingerprint density at radius 3 is 1.70 bits per heavy atom. The predicted molar refractivity (Wildman–Crippen MR) is 139 cm³/mol. The van der Waals surface area contributed by atoms with Crippen molar-refractivity contribution in [2.75, 3.05) is 49.2 Å². The molecule has 0 heterocycles.